The van der Waals surface area contributed by atoms with Crippen molar-refractivity contribution in [1.82, 2.24) is 0 Å². The van der Waals surface area contributed by atoms with Crippen LogP contribution in [0, 0.1) is 0 Å². The molecule has 2 heteroatoms. The van der Waals surface area contributed by atoms with E-state index in [0.717, 1.165) is 55.5 Å². The quantitative estimate of drug-likeness (QED) is 0.193. The summed E-state index contributed by atoms with van der Waals surface area (Å²) in [6, 6.07) is 59.5. The fourth-order valence-corrected chi connectivity index (χ4v) is 8.24. The molecule has 0 amide bonds. The zero-order chi connectivity index (χ0) is 32.7. The number of anilines is 3. The van der Waals surface area contributed by atoms with E-state index in [1.54, 1.807) is 0 Å². The predicted octanol–water partition coefficient (Wildman–Crippen LogP) is 13.3. The second-order valence-corrected chi connectivity index (χ2v) is 13.7. The topological polar surface area (TPSA) is 16.4 Å². The van der Waals surface area contributed by atoms with Gasteiger partial charge < -0.3 is 9.32 Å². The fraction of sp³-hybridized carbons (Fsp3) is 0.0638. The molecule has 2 nitrogen and oxygen atoms in total. The molecule has 49 heavy (non-hydrogen) atoms. The Morgan fingerprint density at radius 2 is 1.16 bits per heavy atom. The molecule has 8 aromatic carbocycles. The van der Waals surface area contributed by atoms with Gasteiger partial charge in [0.2, 0.25) is 0 Å². The maximum Gasteiger partial charge on any atom is 0.143 e. The summed E-state index contributed by atoms with van der Waals surface area (Å²) >= 11 is 0. The molecule has 0 saturated carbocycles. The van der Waals surface area contributed by atoms with Crippen LogP contribution in [0.25, 0.3) is 65.7 Å². The lowest BCUT2D eigenvalue weighted by molar-refractivity contribution is 0.660. The van der Waals surface area contributed by atoms with Crippen LogP contribution in [0.4, 0.5) is 17.1 Å². The molecule has 0 unspecified atom stereocenters. The summed E-state index contributed by atoms with van der Waals surface area (Å²) in [5.74, 6) is 0. The molecule has 1 aliphatic carbocycles. The first-order valence-corrected chi connectivity index (χ1v) is 17.0. The highest BCUT2D eigenvalue weighted by molar-refractivity contribution is 6.21. The molecular weight excluding hydrogens is 595 g/mol. The molecular formula is C47H33NO. The Hall–Kier alpha value is -6.12. The van der Waals surface area contributed by atoms with Gasteiger partial charge in [0.1, 0.15) is 11.2 Å². The average Bonchev–Trinajstić information content (AvgIpc) is 3.64. The van der Waals surface area contributed by atoms with E-state index in [4.69, 9.17) is 4.42 Å². The van der Waals surface area contributed by atoms with Crippen molar-refractivity contribution in [3.8, 4) is 22.3 Å². The first-order valence-electron chi connectivity index (χ1n) is 17.0. The molecule has 0 bridgehead atoms. The summed E-state index contributed by atoms with van der Waals surface area (Å²) in [6.45, 7) is 4.70. The Labute approximate surface area is 285 Å². The van der Waals surface area contributed by atoms with Crippen molar-refractivity contribution < 1.29 is 4.42 Å². The zero-order valence-corrected chi connectivity index (χ0v) is 27.4. The molecule has 0 saturated heterocycles. The molecule has 0 fully saturated rings. The number of hydrogen-bond acceptors (Lipinski definition) is 2. The SMILES string of the molecule is CC1(C)c2ccccc2-c2ccc(N(c3ccc4ccccc4c3)c3ccc4oc5c6ccccc6ccc5c4c3-c3ccccc3)cc21. The van der Waals surface area contributed by atoms with Gasteiger partial charge in [-0.05, 0) is 86.4 Å². The summed E-state index contributed by atoms with van der Waals surface area (Å²) in [7, 11) is 0. The maximum absolute atomic E-state index is 6.74. The van der Waals surface area contributed by atoms with Crippen molar-refractivity contribution in [3.05, 3.63) is 175 Å². The van der Waals surface area contributed by atoms with Crippen LogP contribution < -0.4 is 4.90 Å². The lowest BCUT2D eigenvalue weighted by Gasteiger charge is -2.30. The number of nitrogens with zero attached hydrogens (tertiary/aromatic N) is 1. The molecule has 9 aromatic rings. The van der Waals surface area contributed by atoms with E-state index in [-0.39, 0.29) is 5.41 Å². The van der Waals surface area contributed by atoms with E-state index in [9.17, 15) is 0 Å². The predicted molar refractivity (Wildman–Crippen MR) is 206 cm³/mol. The highest BCUT2D eigenvalue weighted by Gasteiger charge is 2.36. The molecule has 0 spiro atoms. The molecule has 0 atom stereocenters. The van der Waals surface area contributed by atoms with E-state index in [1.807, 2.05) is 0 Å². The van der Waals surface area contributed by atoms with Gasteiger partial charge in [0.15, 0.2) is 0 Å². The molecule has 1 aromatic heterocycles. The summed E-state index contributed by atoms with van der Waals surface area (Å²) in [6.07, 6.45) is 0. The first kappa shape index (κ1) is 27.9. The number of hydrogen-bond donors (Lipinski definition) is 0. The fourth-order valence-electron chi connectivity index (χ4n) is 8.24. The van der Waals surface area contributed by atoms with Crippen LogP contribution in [0.5, 0.6) is 0 Å². The standard InChI is InChI=1S/C47H33NO/c1-47(2)40-19-11-10-18-37(40)38-25-23-35(29-41(38)47)48(34-22-20-30-12-6-7-16-33(30)28-34)42-26-27-43-45(44(42)32-14-4-3-5-15-32)39-24-21-31-13-8-9-17-36(31)46(39)49-43/h3-29H,1-2H3. The van der Waals surface area contributed by atoms with Crippen LogP contribution in [0.3, 0.4) is 0 Å². The number of rotatable bonds is 4. The largest absolute Gasteiger partial charge is 0.455 e. The van der Waals surface area contributed by atoms with E-state index >= 15 is 0 Å². The Morgan fingerprint density at radius 1 is 0.490 bits per heavy atom. The molecule has 10 rings (SSSR count). The van der Waals surface area contributed by atoms with Crippen molar-refractivity contribution in [2.75, 3.05) is 4.90 Å². The Bertz CT molecular complexity index is 2750. The van der Waals surface area contributed by atoms with E-state index < -0.39 is 0 Å². The normalized spacial score (nSPS) is 13.3. The zero-order valence-electron chi connectivity index (χ0n) is 27.4. The lowest BCUT2D eigenvalue weighted by Crippen LogP contribution is -2.17. The third kappa shape index (κ3) is 4.14. The summed E-state index contributed by atoms with van der Waals surface area (Å²) in [5, 5.41) is 6.99. The molecule has 0 radical (unpaired) electrons. The number of fused-ring (bicyclic) bond motifs is 9. The van der Waals surface area contributed by atoms with Crippen LogP contribution in [-0.4, -0.2) is 0 Å². The average molecular weight is 628 g/mol. The van der Waals surface area contributed by atoms with Crippen molar-refractivity contribution in [1.29, 1.82) is 0 Å². The minimum Gasteiger partial charge on any atom is -0.455 e. The Balaban J connectivity index is 1.30. The summed E-state index contributed by atoms with van der Waals surface area (Å²) in [4.78, 5) is 2.45. The van der Waals surface area contributed by atoms with Crippen molar-refractivity contribution in [2.45, 2.75) is 19.3 Å². The van der Waals surface area contributed by atoms with E-state index in [2.05, 4.69) is 183 Å². The van der Waals surface area contributed by atoms with Gasteiger partial charge in [-0.25, -0.2) is 0 Å². The summed E-state index contributed by atoms with van der Waals surface area (Å²) in [5.41, 5.74) is 12.7. The lowest BCUT2D eigenvalue weighted by atomic mass is 9.82. The van der Waals surface area contributed by atoms with Gasteiger partial charge in [-0.2, -0.15) is 0 Å². The van der Waals surface area contributed by atoms with Gasteiger partial charge in [-0.1, -0.05) is 135 Å². The molecule has 232 valence electrons. The highest BCUT2D eigenvalue weighted by Crippen LogP contribution is 2.52. The smallest absolute Gasteiger partial charge is 0.143 e. The third-order valence-corrected chi connectivity index (χ3v) is 10.6. The Kier molecular flexibility index (Phi) is 5.95. The van der Waals surface area contributed by atoms with Gasteiger partial charge in [0.25, 0.3) is 0 Å². The molecule has 1 heterocycles. The monoisotopic (exact) mass is 627 g/mol. The van der Waals surface area contributed by atoms with Crippen LogP contribution in [0.15, 0.2) is 168 Å². The van der Waals surface area contributed by atoms with Crippen LogP contribution in [0.1, 0.15) is 25.0 Å². The highest BCUT2D eigenvalue weighted by atomic mass is 16.3. The second kappa shape index (κ2) is 10.4. The minimum absolute atomic E-state index is 0.120. The van der Waals surface area contributed by atoms with Gasteiger partial charge in [0.05, 0.1) is 5.69 Å². The molecule has 0 N–H and O–H groups in total. The van der Waals surface area contributed by atoms with Gasteiger partial charge in [0, 0.05) is 38.5 Å². The number of furan rings is 1. The Morgan fingerprint density at radius 3 is 2.04 bits per heavy atom. The maximum atomic E-state index is 6.74. The third-order valence-electron chi connectivity index (χ3n) is 10.6. The van der Waals surface area contributed by atoms with E-state index in [0.29, 0.717) is 0 Å². The van der Waals surface area contributed by atoms with Crippen LogP contribution in [-0.2, 0) is 5.41 Å². The van der Waals surface area contributed by atoms with Crippen molar-refractivity contribution >= 4 is 60.5 Å². The molecule has 1 aliphatic rings. The van der Waals surface area contributed by atoms with Crippen molar-refractivity contribution in [2.24, 2.45) is 0 Å². The first-order chi connectivity index (χ1) is 24.1. The van der Waals surface area contributed by atoms with Crippen molar-refractivity contribution in [3.63, 3.8) is 0 Å². The van der Waals surface area contributed by atoms with Gasteiger partial charge in [-0.15, -0.1) is 0 Å². The minimum atomic E-state index is -0.120. The van der Waals surface area contributed by atoms with Crippen LogP contribution in [0.2, 0.25) is 0 Å². The van der Waals surface area contributed by atoms with Crippen LogP contribution >= 0.6 is 0 Å². The van der Waals surface area contributed by atoms with Gasteiger partial charge in [-0.3, -0.25) is 0 Å². The number of benzene rings is 8. The second-order valence-electron chi connectivity index (χ2n) is 13.7. The molecule has 0 aliphatic heterocycles. The summed E-state index contributed by atoms with van der Waals surface area (Å²) < 4.78 is 6.74. The van der Waals surface area contributed by atoms with Gasteiger partial charge >= 0.3 is 0 Å². The van der Waals surface area contributed by atoms with E-state index in [1.165, 1.54) is 38.4 Å².